The first-order valence-electron chi connectivity index (χ1n) is 6.18. The normalized spacial score (nSPS) is 17.8. The fourth-order valence-electron chi connectivity index (χ4n) is 2.09. The van der Waals surface area contributed by atoms with E-state index in [0.717, 1.165) is 43.6 Å². The van der Waals surface area contributed by atoms with Crippen molar-refractivity contribution in [2.24, 2.45) is 16.1 Å². The lowest BCUT2D eigenvalue weighted by atomic mass is 9.93. The summed E-state index contributed by atoms with van der Waals surface area (Å²) in [6, 6.07) is 0. The van der Waals surface area contributed by atoms with E-state index < -0.39 is 0 Å². The second-order valence-corrected chi connectivity index (χ2v) is 6.90. The van der Waals surface area contributed by atoms with Crippen LogP contribution in [0.3, 0.4) is 0 Å². The molecule has 0 amide bonds. The number of halogens is 1. The third-order valence-corrected chi connectivity index (χ3v) is 3.69. The number of guanidine groups is 1. The molecule has 6 heteroatoms. The molecule has 2 N–H and O–H groups in total. The maximum absolute atomic E-state index is 6.04. The van der Waals surface area contributed by atoms with Crippen LogP contribution >= 0.6 is 35.7 Å². The van der Waals surface area contributed by atoms with Gasteiger partial charge in [-0.25, -0.2) is 0 Å². The van der Waals surface area contributed by atoms with Gasteiger partial charge in [-0.1, -0.05) is 13.8 Å². The van der Waals surface area contributed by atoms with Crippen LogP contribution in [0.15, 0.2) is 4.99 Å². The molecule has 1 heterocycles. The first kappa shape index (κ1) is 18.3. The summed E-state index contributed by atoms with van der Waals surface area (Å²) in [4.78, 5) is 8.95. The fourth-order valence-corrected chi connectivity index (χ4v) is 3.00. The van der Waals surface area contributed by atoms with Crippen molar-refractivity contribution in [3.8, 4) is 0 Å². The molecule has 108 valence electrons. The summed E-state index contributed by atoms with van der Waals surface area (Å²) in [5, 5.41) is 0. The van der Waals surface area contributed by atoms with E-state index in [1.54, 1.807) is 0 Å². The summed E-state index contributed by atoms with van der Waals surface area (Å²) < 4.78 is 0. The van der Waals surface area contributed by atoms with Gasteiger partial charge in [-0.3, -0.25) is 4.99 Å². The molecule has 0 radical (unpaired) electrons. The SMILES string of the molecule is CN(C)CC(C)(C)CN=C(N)N1CCSCC1.I. The molecule has 4 nitrogen and oxygen atoms in total. The van der Waals surface area contributed by atoms with E-state index in [9.17, 15) is 0 Å². The Morgan fingerprint density at radius 2 is 1.89 bits per heavy atom. The summed E-state index contributed by atoms with van der Waals surface area (Å²) in [6.07, 6.45) is 0. The summed E-state index contributed by atoms with van der Waals surface area (Å²) in [7, 11) is 4.19. The van der Waals surface area contributed by atoms with Gasteiger partial charge in [0.25, 0.3) is 0 Å². The second kappa shape index (κ2) is 8.47. The lowest BCUT2D eigenvalue weighted by Crippen LogP contribution is -2.43. The number of aliphatic imine (C=N–C) groups is 1. The van der Waals surface area contributed by atoms with E-state index in [1.807, 2.05) is 11.8 Å². The smallest absolute Gasteiger partial charge is 0.191 e. The van der Waals surface area contributed by atoms with Gasteiger partial charge in [0.1, 0.15) is 0 Å². The molecule has 1 aliphatic heterocycles. The first-order valence-corrected chi connectivity index (χ1v) is 7.33. The van der Waals surface area contributed by atoms with Crippen molar-refractivity contribution < 1.29 is 0 Å². The van der Waals surface area contributed by atoms with Crippen molar-refractivity contribution in [2.45, 2.75) is 13.8 Å². The van der Waals surface area contributed by atoms with Crippen LogP contribution in [0.5, 0.6) is 0 Å². The third kappa shape index (κ3) is 7.04. The molecule has 0 spiro atoms. The largest absolute Gasteiger partial charge is 0.370 e. The van der Waals surface area contributed by atoms with Gasteiger partial charge >= 0.3 is 0 Å². The van der Waals surface area contributed by atoms with E-state index in [4.69, 9.17) is 5.73 Å². The summed E-state index contributed by atoms with van der Waals surface area (Å²) in [5.41, 5.74) is 6.22. The maximum atomic E-state index is 6.04. The van der Waals surface area contributed by atoms with Crippen LogP contribution in [0.2, 0.25) is 0 Å². The van der Waals surface area contributed by atoms with Crippen molar-refractivity contribution in [3.63, 3.8) is 0 Å². The average molecular weight is 386 g/mol. The molecular formula is C12H27IN4S. The Morgan fingerprint density at radius 1 is 1.33 bits per heavy atom. The molecule has 1 aliphatic rings. The van der Waals surface area contributed by atoms with Crippen LogP contribution in [-0.4, -0.2) is 67.5 Å². The van der Waals surface area contributed by atoms with Gasteiger partial charge < -0.3 is 15.5 Å². The Labute approximate surface area is 133 Å². The predicted molar refractivity (Wildman–Crippen MR) is 93.1 cm³/mol. The highest BCUT2D eigenvalue weighted by Crippen LogP contribution is 2.16. The highest BCUT2D eigenvalue weighted by atomic mass is 127. The predicted octanol–water partition coefficient (Wildman–Crippen LogP) is 1.56. The van der Waals surface area contributed by atoms with Crippen LogP contribution in [0.4, 0.5) is 0 Å². The van der Waals surface area contributed by atoms with Gasteiger partial charge in [0.05, 0.1) is 0 Å². The molecule has 0 unspecified atom stereocenters. The van der Waals surface area contributed by atoms with Crippen molar-refractivity contribution in [3.05, 3.63) is 0 Å². The summed E-state index contributed by atoms with van der Waals surface area (Å²) >= 11 is 1.99. The Hall–Kier alpha value is 0.310. The standard InChI is InChI=1S/C12H26N4S.HI/c1-12(2,10-15(3)4)9-14-11(13)16-5-7-17-8-6-16;/h5-10H2,1-4H3,(H2,13,14);1H. The van der Waals surface area contributed by atoms with Gasteiger partial charge in [0.15, 0.2) is 5.96 Å². The minimum atomic E-state index is 0. The number of rotatable bonds is 4. The zero-order valence-corrected chi connectivity index (χ0v) is 15.1. The molecule has 0 aliphatic carbocycles. The minimum absolute atomic E-state index is 0. The van der Waals surface area contributed by atoms with Gasteiger partial charge in [-0.15, -0.1) is 24.0 Å². The van der Waals surface area contributed by atoms with E-state index in [-0.39, 0.29) is 29.4 Å². The Bertz CT molecular complexity index is 263. The highest BCUT2D eigenvalue weighted by Gasteiger charge is 2.19. The average Bonchev–Trinajstić information content (AvgIpc) is 2.25. The highest BCUT2D eigenvalue weighted by molar-refractivity contribution is 14.0. The Kier molecular flexibility index (Phi) is 8.62. The van der Waals surface area contributed by atoms with Gasteiger partial charge in [0.2, 0.25) is 0 Å². The van der Waals surface area contributed by atoms with Gasteiger partial charge in [-0.2, -0.15) is 11.8 Å². The van der Waals surface area contributed by atoms with Crippen LogP contribution in [-0.2, 0) is 0 Å². The summed E-state index contributed by atoms with van der Waals surface area (Å²) in [5.74, 6) is 3.05. The van der Waals surface area contributed by atoms with Crippen molar-refractivity contribution in [1.82, 2.24) is 9.80 Å². The fraction of sp³-hybridized carbons (Fsp3) is 0.917. The van der Waals surface area contributed by atoms with Crippen molar-refractivity contribution in [2.75, 3.05) is 51.8 Å². The molecule has 0 aromatic heterocycles. The Balaban J connectivity index is 0.00000289. The van der Waals surface area contributed by atoms with E-state index in [2.05, 4.69) is 42.7 Å². The maximum Gasteiger partial charge on any atom is 0.191 e. The molecule has 0 saturated carbocycles. The molecule has 1 rings (SSSR count). The van der Waals surface area contributed by atoms with E-state index >= 15 is 0 Å². The number of thioether (sulfide) groups is 1. The zero-order valence-electron chi connectivity index (χ0n) is 12.0. The van der Waals surface area contributed by atoms with Crippen LogP contribution < -0.4 is 5.73 Å². The van der Waals surface area contributed by atoms with Crippen molar-refractivity contribution in [1.29, 1.82) is 0 Å². The number of hydrogen-bond acceptors (Lipinski definition) is 3. The molecule has 0 bridgehead atoms. The van der Waals surface area contributed by atoms with Crippen molar-refractivity contribution >= 4 is 41.7 Å². The minimum Gasteiger partial charge on any atom is -0.370 e. The lowest BCUT2D eigenvalue weighted by molar-refractivity contribution is 0.248. The second-order valence-electron chi connectivity index (χ2n) is 5.68. The quantitative estimate of drug-likeness (QED) is 0.453. The van der Waals surface area contributed by atoms with Gasteiger partial charge in [0, 0.05) is 37.7 Å². The number of nitrogens with zero attached hydrogens (tertiary/aromatic N) is 3. The third-order valence-electron chi connectivity index (χ3n) is 2.75. The van der Waals surface area contributed by atoms with Crippen LogP contribution in [0.25, 0.3) is 0 Å². The topological polar surface area (TPSA) is 44.9 Å². The molecule has 1 fully saturated rings. The van der Waals surface area contributed by atoms with E-state index in [1.165, 1.54) is 0 Å². The van der Waals surface area contributed by atoms with E-state index in [0.29, 0.717) is 0 Å². The monoisotopic (exact) mass is 386 g/mol. The van der Waals surface area contributed by atoms with Gasteiger partial charge in [-0.05, 0) is 19.5 Å². The first-order chi connectivity index (χ1) is 7.91. The van der Waals surface area contributed by atoms with Crippen LogP contribution in [0.1, 0.15) is 13.8 Å². The molecule has 1 saturated heterocycles. The number of hydrogen-bond donors (Lipinski definition) is 1. The Morgan fingerprint density at radius 3 is 2.39 bits per heavy atom. The molecule has 0 aromatic carbocycles. The summed E-state index contributed by atoms with van der Waals surface area (Å²) in [6.45, 7) is 8.36. The zero-order chi connectivity index (χ0) is 12.9. The lowest BCUT2D eigenvalue weighted by Gasteiger charge is -2.29. The molecular weight excluding hydrogens is 359 g/mol. The van der Waals surface area contributed by atoms with Crippen LogP contribution in [0, 0.1) is 5.41 Å². The number of nitrogens with two attached hydrogens (primary N) is 1. The molecule has 0 aromatic rings. The molecule has 18 heavy (non-hydrogen) atoms. The molecule has 0 atom stereocenters.